The van der Waals surface area contributed by atoms with Crippen LogP contribution in [0.5, 0.6) is 0 Å². The summed E-state index contributed by atoms with van der Waals surface area (Å²) >= 11 is 0. The number of cyclic esters (lactones) is 1. The van der Waals surface area contributed by atoms with Gasteiger partial charge in [0.15, 0.2) is 0 Å². The molecule has 4 aromatic rings. The van der Waals surface area contributed by atoms with E-state index in [1.807, 2.05) is 43.3 Å². The summed E-state index contributed by atoms with van der Waals surface area (Å²) in [6.45, 7) is 3.17. The first kappa shape index (κ1) is 36.5. The summed E-state index contributed by atoms with van der Waals surface area (Å²) in [5.74, 6) is -2.65. The van der Waals surface area contributed by atoms with Crippen LogP contribution in [0.3, 0.4) is 0 Å². The van der Waals surface area contributed by atoms with E-state index in [1.165, 1.54) is 6.07 Å². The van der Waals surface area contributed by atoms with Crippen LogP contribution in [0.2, 0.25) is 0 Å². The highest BCUT2D eigenvalue weighted by Crippen LogP contribution is 2.46. The number of nitrogens with one attached hydrogen (secondary N) is 3. The van der Waals surface area contributed by atoms with Crippen molar-refractivity contribution in [1.82, 2.24) is 25.5 Å². The number of halogens is 1. The van der Waals surface area contributed by atoms with Gasteiger partial charge in [-0.2, -0.15) is 0 Å². The van der Waals surface area contributed by atoms with Gasteiger partial charge in [-0.1, -0.05) is 37.3 Å². The molecule has 13 nitrogen and oxygen atoms in total. The van der Waals surface area contributed by atoms with Crippen LogP contribution in [0.25, 0.3) is 22.3 Å². The Morgan fingerprint density at radius 1 is 1.05 bits per heavy atom. The van der Waals surface area contributed by atoms with Crippen LogP contribution in [0.1, 0.15) is 83.5 Å². The molecule has 1 saturated carbocycles. The van der Waals surface area contributed by atoms with Gasteiger partial charge in [-0.15, -0.1) is 0 Å². The molecule has 2 aromatic carbocycles. The SMILES string of the molecule is CC[C@H]1C(=O)OCc2c1cc1n(c2=O)Cc2c-1nc1cc(F)c(C)c3c1c2[C@@H](NC(=O)[C@@H](OCNC(=O)CNC(=O)[C@@H](N)Cc1ccccc1)C1CC1)CC3. The number of aryl methyl sites for hydroxylation is 1. The third-order valence-corrected chi connectivity index (χ3v) is 11.4. The number of hydrogen-bond donors (Lipinski definition) is 4. The van der Waals surface area contributed by atoms with E-state index in [0.717, 1.165) is 40.5 Å². The van der Waals surface area contributed by atoms with E-state index in [2.05, 4.69) is 16.0 Å². The summed E-state index contributed by atoms with van der Waals surface area (Å²) < 4.78 is 28.3. The largest absolute Gasteiger partial charge is 0.460 e. The van der Waals surface area contributed by atoms with Gasteiger partial charge in [-0.25, -0.2) is 9.37 Å². The molecule has 1 fully saturated rings. The highest BCUT2D eigenvalue weighted by atomic mass is 19.1. The molecule has 0 unspecified atom stereocenters. The van der Waals surface area contributed by atoms with Crippen molar-refractivity contribution < 1.29 is 33.0 Å². The first-order valence-corrected chi connectivity index (χ1v) is 18.9. The average Bonchev–Trinajstić information content (AvgIpc) is 3.95. The molecule has 8 rings (SSSR count). The maximum atomic E-state index is 15.3. The number of fused-ring (bicyclic) bond motifs is 5. The van der Waals surface area contributed by atoms with Crippen LogP contribution < -0.4 is 27.2 Å². The third-order valence-electron chi connectivity index (χ3n) is 11.4. The topological polar surface area (TPSA) is 184 Å². The van der Waals surface area contributed by atoms with Gasteiger partial charge in [0.05, 0.1) is 53.6 Å². The zero-order chi connectivity index (χ0) is 38.5. The number of ether oxygens (including phenoxy) is 2. The van der Waals surface area contributed by atoms with Crippen LogP contribution >= 0.6 is 0 Å². The lowest BCUT2D eigenvalue weighted by atomic mass is 9.81. The molecule has 286 valence electrons. The lowest BCUT2D eigenvalue weighted by molar-refractivity contribution is -0.148. The smallest absolute Gasteiger partial charge is 0.313 e. The van der Waals surface area contributed by atoms with Gasteiger partial charge >= 0.3 is 5.97 Å². The number of hydrogen-bond acceptors (Lipinski definition) is 9. The van der Waals surface area contributed by atoms with Gasteiger partial charge in [0.1, 0.15) is 25.3 Å². The second-order valence-electron chi connectivity index (χ2n) is 14.9. The second-order valence-corrected chi connectivity index (χ2v) is 14.9. The fraction of sp³-hybridized carbons (Fsp3) is 0.415. The molecule has 0 spiro atoms. The molecule has 0 bridgehead atoms. The molecule has 55 heavy (non-hydrogen) atoms. The first-order valence-electron chi connectivity index (χ1n) is 18.9. The number of aromatic nitrogens is 2. The third kappa shape index (κ3) is 6.78. The predicted octanol–water partition coefficient (Wildman–Crippen LogP) is 3.08. The summed E-state index contributed by atoms with van der Waals surface area (Å²) in [5, 5.41) is 9.15. The normalized spacial score (nSPS) is 19.1. The van der Waals surface area contributed by atoms with E-state index in [-0.39, 0.29) is 55.6 Å². The fourth-order valence-electron chi connectivity index (χ4n) is 8.33. The Kier molecular flexibility index (Phi) is 9.72. The highest BCUT2D eigenvalue weighted by molar-refractivity contribution is 5.94. The minimum absolute atomic E-state index is 0.0337. The van der Waals surface area contributed by atoms with Gasteiger partial charge in [0, 0.05) is 17.0 Å². The maximum Gasteiger partial charge on any atom is 0.313 e. The van der Waals surface area contributed by atoms with Crippen molar-refractivity contribution in [3.8, 4) is 11.4 Å². The zero-order valence-electron chi connectivity index (χ0n) is 30.7. The summed E-state index contributed by atoms with van der Waals surface area (Å²) in [7, 11) is 0. The van der Waals surface area contributed by atoms with Crippen molar-refractivity contribution in [2.24, 2.45) is 11.7 Å². The Morgan fingerprint density at radius 2 is 1.84 bits per heavy atom. The fourth-order valence-corrected chi connectivity index (χ4v) is 8.33. The van der Waals surface area contributed by atoms with E-state index < -0.39 is 35.9 Å². The monoisotopic (exact) mass is 750 g/mol. The number of carbonyl (C=O) groups excluding carboxylic acids is 4. The molecule has 14 heteroatoms. The molecule has 0 radical (unpaired) electrons. The number of amides is 3. The summed E-state index contributed by atoms with van der Waals surface area (Å²) in [4.78, 5) is 70.6. The molecule has 3 amide bonds. The number of nitrogens with zero attached hydrogens (tertiary/aromatic N) is 2. The van der Waals surface area contributed by atoms with Crippen molar-refractivity contribution in [1.29, 1.82) is 0 Å². The van der Waals surface area contributed by atoms with Gasteiger partial charge in [0.2, 0.25) is 17.7 Å². The van der Waals surface area contributed by atoms with E-state index >= 15 is 4.39 Å². The number of benzene rings is 2. The van der Waals surface area contributed by atoms with Gasteiger partial charge in [-0.3, -0.25) is 24.0 Å². The van der Waals surface area contributed by atoms with E-state index in [4.69, 9.17) is 20.2 Å². The molecular weight excluding hydrogens is 707 g/mol. The van der Waals surface area contributed by atoms with Crippen LogP contribution in [-0.4, -0.2) is 58.7 Å². The number of nitrogens with two attached hydrogens (primary N) is 1. The van der Waals surface area contributed by atoms with Gasteiger partial charge in [0.25, 0.3) is 5.56 Å². The summed E-state index contributed by atoms with van der Waals surface area (Å²) in [6, 6.07) is 11.3. The quantitative estimate of drug-likeness (QED) is 0.110. The molecule has 5 N–H and O–H groups in total. The molecule has 2 aromatic heterocycles. The lowest BCUT2D eigenvalue weighted by Crippen LogP contribution is -2.47. The lowest BCUT2D eigenvalue weighted by Gasteiger charge is -2.31. The molecule has 2 aliphatic carbocycles. The number of carbonyl (C=O) groups is 4. The molecular formula is C41H43FN6O7. The van der Waals surface area contributed by atoms with Crippen molar-refractivity contribution in [3.05, 3.63) is 97.6 Å². The Hall–Kier alpha value is -5.47. The van der Waals surface area contributed by atoms with E-state index in [9.17, 15) is 24.0 Å². The number of pyridine rings is 2. The summed E-state index contributed by atoms with van der Waals surface area (Å²) in [6.07, 6.45) is 2.52. The van der Waals surface area contributed by atoms with E-state index in [1.54, 1.807) is 11.5 Å². The highest BCUT2D eigenvalue weighted by Gasteiger charge is 2.41. The molecule has 4 atom stereocenters. The minimum Gasteiger partial charge on any atom is -0.460 e. The standard InChI is InChI=1S/C41H43FN6O7/c1-3-23-25-14-32-36-26(17-48(32)40(52)27(25)18-54-41(23)53)35-30(12-11-24-20(2)28(42)15-31(46-36)34(24)35)47-39(51)37(22-9-10-22)55-19-45-33(49)16-44-38(50)29(43)13-21-7-5-4-6-8-21/h4-8,14-15,22-23,29-30,37H,3,9-13,16-19,43H2,1-2H3,(H,44,50)(H,45,49)(H,47,51)/t23-,29+,30+,37+/m1/s1. The van der Waals surface area contributed by atoms with Crippen LogP contribution in [0.4, 0.5) is 4.39 Å². The Morgan fingerprint density at radius 3 is 2.58 bits per heavy atom. The van der Waals surface area contributed by atoms with Crippen LogP contribution in [-0.2, 0) is 54.6 Å². The molecule has 0 saturated heterocycles. The Labute approximate surface area is 316 Å². The first-order chi connectivity index (χ1) is 26.5. The number of rotatable bonds is 12. The molecule has 4 aliphatic rings. The Bertz CT molecular complexity index is 2310. The maximum absolute atomic E-state index is 15.3. The van der Waals surface area contributed by atoms with Gasteiger partial charge < -0.3 is 35.7 Å². The van der Waals surface area contributed by atoms with Crippen molar-refractivity contribution in [2.45, 2.75) is 89.6 Å². The number of esters is 1. The van der Waals surface area contributed by atoms with Gasteiger partial charge in [-0.05, 0) is 85.3 Å². The Balaban J connectivity index is 1.00. The predicted molar refractivity (Wildman–Crippen MR) is 199 cm³/mol. The van der Waals surface area contributed by atoms with Crippen molar-refractivity contribution in [3.63, 3.8) is 0 Å². The van der Waals surface area contributed by atoms with Crippen molar-refractivity contribution >= 4 is 34.6 Å². The minimum atomic E-state index is -0.842. The second kappa shape index (κ2) is 14.6. The van der Waals surface area contributed by atoms with E-state index in [0.29, 0.717) is 59.3 Å². The van der Waals surface area contributed by atoms with Crippen LogP contribution in [0, 0.1) is 18.7 Å². The summed E-state index contributed by atoms with van der Waals surface area (Å²) in [5.41, 5.74) is 12.2. The molecule has 2 aliphatic heterocycles. The van der Waals surface area contributed by atoms with Crippen LogP contribution in [0.15, 0.2) is 47.3 Å². The average molecular weight is 751 g/mol. The van der Waals surface area contributed by atoms with Crippen molar-refractivity contribution in [2.75, 3.05) is 13.3 Å². The zero-order valence-corrected chi connectivity index (χ0v) is 30.7. The molecule has 4 heterocycles.